The van der Waals surface area contributed by atoms with Crippen LogP contribution in [-0.2, 0) is 14.3 Å². The van der Waals surface area contributed by atoms with Crippen molar-refractivity contribution in [3.8, 4) is 0 Å². The van der Waals surface area contributed by atoms with Gasteiger partial charge in [0.05, 0.1) is 0 Å². The van der Waals surface area contributed by atoms with Crippen molar-refractivity contribution in [1.82, 2.24) is 0 Å². The number of alkyl halides is 1. The molecule has 0 N–H and O–H groups in total. The number of rotatable bonds is 4. The van der Waals surface area contributed by atoms with Gasteiger partial charge in [-0.05, 0) is 31.3 Å². The first-order valence-corrected chi connectivity index (χ1v) is 6.50. The molecule has 1 aliphatic rings. The largest absolute Gasteiger partial charge is 0.455 e. The van der Waals surface area contributed by atoms with Crippen LogP contribution in [0, 0.1) is 5.92 Å². The number of ketones is 1. The number of Topliss-reactive ketones (excluding diaryl/α,β-unsaturated/α-hetero) is 1. The van der Waals surface area contributed by atoms with Gasteiger partial charge in [-0.25, -0.2) is 4.79 Å². The predicted octanol–water partition coefficient (Wildman–Crippen LogP) is 2.79. The normalized spacial score (nSPS) is 23.8. The van der Waals surface area contributed by atoms with Gasteiger partial charge in [0.25, 0.3) is 0 Å². The number of carbonyl (C=O) groups is 2. The van der Waals surface area contributed by atoms with Crippen LogP contribution >= 0.6 is 15.9 Å². The van der Waals surface area contributed by atoms with E-state index in [2.05, 4.69) is 28.6 Å². The molecule has 0 heterocycles. The van der Waals surface area contributed by atoms with Crippen LogP contribution in [0.25, 0.3) is 0 Å². The zero-order valence-corrected chi connectivity index (χ0v) is 11.7. The first-order chi connectivity index (χ1) is 7.91. The van der Waals surface area contributed by atoms with E-state index in [9.17, 15) is 9.59 Å². The van der Waals surface area contributed by atoms with E-state index in [0.29, 0.717) is 5.92 Å². The van der Waals surface area contributed by atoms with Crippen LogP contribution in [0.15, 0.2) is 23.8 Å². The molecule has 0 bridgehead atoms. The Morgan fingerprint density at radius 2 is 2.18 bits per heavy atom. The van der Waals surface area contributed by atoms with E-state index < -0.39 is 11.8 Å². The van der Waals surface area contributed by atoms with Crippen molar-refractivity contribution in [1.29, 1.82) is 0 Å². The maximum atomic E-state index is 11.0. The minimum Gasteiger partial charge on any atom is -0.455 e. The molecule has 0 aromatic rings. The number of carbonyl (C=O) groups excluding carboxylic acids is 2. The third-order valence-electron chi connectivity index (χ3n) is 2.86. The van der Waals surface area contributed by atoms with Crippen molar-refractivity contribution in [2.24, 2.45) is 5.92 Å². The third-order valence-corrected chi connectivity index (χ3v) is 3.77. The number of allylic oxidation sites excluding steroid dienone is 2. The fourth-order valence-corrected chi connectivity index (χ4v) is 2.91. The van der Waals surface area contributed by atoms with E-state index in [1.165, 1.54) is 6.92 Å². The summed E-state index contributed by atoms with van der Waals surface area (Å²) in [5, 5.41) is 0. The van der Waals surface area contributed by atoms with E-state index in [1.807, 2.05) is 6.92 Å². The highest BCUT2D eigenvalue weighted by molar-refractivity contribution is 9.09. The van der Waals surface area contributed by atoms with Crippen LogP contribution < -0.4 is 0 Å². The second-order valence-electron chi connectivity index (χ2n) is 4.39. The minimum absolute atomic E-state index is 0.212. The van der Waals surface area contributed by atoms with Crippen molar-refractivity contribution >= 4 is 27.7 Å². The summed E-state index contributed by atoms with van der Waals surface area (Å²) < 4.78 is 4.89. The first kappa shape index (κ1) is 14.2. The van der Waals surface area contributed by atoms with Crippen LogP contribution in [0.2, 0.25) is 0 Å². The van der Waals surface area contributed by atoms with Gasteiger partial charge in [-0.3, -0.25) is 4.79 Å². The molecule has 0 fully saturated rings. The lowest BCUT2D eigenvalue weighted by molar-refractivity contribution is -0.152. The molecule has 0 saturated carbocycles. The molecule has 2 atom stereocenters. The summed E-state index contributed by atoms with van der Waals surface area (Å²) in [5.41, 5.74) is 2.21. The summed E-state index contributed by atoms with van der Waals surface area (Å²) in [6.45, 7) is 7.41. The van der Waals surface area contributed by atoms with Gasteiger partial charge < -0.3 is 4.74 Å². The number of esters is 1. The van der Waals surface area contributed by atoms with Crippen LogP contribution in [-0.4, -0.2) is 23.2 Å². The average Bonchev–Trinajstić information content (AvgIpc) is 2.25. The first-order valence-electron chi connectivity index (χ1n) is 5.58. The molecule has 0 radical (unpaired) electrons. The number of ether oxygens (including phenoxy) is 1. The highest BCUT2D eigenvalue weighted by Crippen LogP contribution is 2.33. The summed E-state index contributed by atoms with van der Waals surface area (Å²) in [6.07, 6.45) is 3.93. The molecule has 4 heteroatoms. The summed E-state index contributed by atoms with van der Waals surface area (Å²) >= 11 is 3.59. The van der Waals surface area contributed by atoms with Gasteiger partial charge in [0, 0.05) is 11.8 Å². The Morgan fingerprint density at radius 1 is 1.53 bits per heavy atom. The number of hydrogen-bond donors (Lipinski definition) is 0. The van der Waals surface area contributed by atoms with E-state index in [0.717, 1.165) is 24.0 Å². The smallest absolute Gasteiger partial charge is 0.374 e. The minimum atomic E-state index is -0.765. The topological polar surface area (TPSA) is 43.4 Å². The van der Waals surface area contributed by atoms with Crippen LogP contribution in [0.1, 0.15) is 26.7 Å². The van der Waals surface area contributed by atoms with Gasteiger partial charge in [0.1, 0.15) is 6.61 Å². The lowest BCUT2D eigenvalue weighted by atomic mass is 9.85. The van der Waals surface area contributed by atoms with Crippen LogP contribution in [0.4, 0.5) is 0 Å². The SMILES string of the molecule is C=C(C)C1CCC(COC(=O)C(C)=O)=CC1Br. The fourth-order valence-electron chi connectivity index (χ4n) is 1.82. The molecule has 0 aromatic carbocycles. The van der Waals surface area contributed by atoms with E-state index in [4.69, 9.17) is 4.74 Å². The van der Waals surface area contributed by atoms with Crippen LogP contribution in [0.5, 0.6) is 0 Å². The van der Waals surface area contributed by atoms with Gasteiger partial charge in [-0.15, -0.1) is 0 Å². The van der Waals surface area contributed by atoms with Crippen molar-refractivity contribution in [3.05, 3.63) is 23.8 Å². The summed E-state index contributed by atoms with van der Waals surface area (Å²) in [5.74, 6) is -0.891. The van der Waals surface area contributed by atoms with Crippen molar-refractivity contribution in [3.63, 3.8) is 0 Å². The fraction of sp³-hybridized carbons (Fsp3) is 0.538. The van der Waals surface area contributed by atoms with Gasteiger partial charge in [-0.2, -0.15) is 0 Å². The zero-order chi connectivity index (χ0) is 13.0. The van der Waals surface area contributed by atoms with Crippen LogP contribution in [0.3, 0.4) is 0 Å². The highest BCUT2D eigenvalue weighted by Gasteiger charge is 2.23. The summed E-state index contributed by atoms with van der Waals surface area (Å²) in [4.78, 5) is 22.0. The molecule has 3 nitrogen and oxygen atoms in total. The molecular weight excluding hydrogens is 284 g/mol. The quantitative estimate of drug-likeness (QED) is 0.347. The Bertz CT molecular complexity index is 371. The maximum absolute atomic E-state index is 11.0. The maximum Gasteiger partial charge on any atom is 0.374 e. The zero-order valence-electron chi connectivity index (χ0n) is 10.2. The molecule has 17 heavy (non-hydrogen) atoms. The predicted molar refractivity (Wildman–Crippen MR) is 70.0 cm³/mol. The van der Waals surface area contributed by atoms with Crippen molar-refractivity contribution < 1.29 is 14.3 Å². The molecule has 0 amide bonds. The second kappa shape index (κ2) is 6.15. The van der Waals surface area contributed by atoms with Gasteiger partial charge in [0.15, 0.2) is 0 Å². The van der Waals surface area contributed by atoms with Gasteiger partial charge in [0.2, 0.25) is 5.78 Å². The second-order valence-corrected chi connectivity index (χ2v) is 5.45. The van der Waals surface area contributed by atoms with E-state index >= 15 is 0 Å². The average molecular weight is 301 g/mol. The molecular formula is C13H17BrO3. The summed E-state index contributed by atoms with van der Waals surface area (Å²) in [6, 6.07) is 0. The monoisotopic (exact) mass is 300 g/mol. The molecule has 0 spiro atoms. The molecule has 94 valence electrons. The van der Waals surface area contributed by atoms with E-state index in [1.54, 1.807) is 0 Å². The van der Waals surface area contributed by atoms with Crippen molar-refractivity contribution in [2.75, 3.05) is 6.61 Å². The third kappa shape index (κ3) is 4.11. The molecule has 0 aromatic heterocycles. The summed E-state index contributed by atoms with van der Waals surface area (Å²) in [7, 11) is 0. The van der Waals surface area contributed by atoms with E-state index in [-0.39, 0.29) is 11.4 Å². The van der Waals surface area contributed by atoms with Crippen molar-refractivity contribution in [2.45, 2.75) is 31.5 Å². The Balaban J connectivity index is 2.52. The lowest BCUT2D eigenvalue weighted by Crippen LogP contribution is -2.21. The number of halogens is 1. The molecule has 1 rings (SSSR count). The standard InChI is InChI=1S/C13H17BrO3/c1-8(2)11-5-4-10(6-12(11)14)7-17-13(16)9(3)15/h6,11-12H,1,4-5,7H2,2-3H3. The Kier molecular flexibility index (Phi) is 5.12. The number of hydrogen-bond acceptors (Lipinski definition) is 3. The Hall–Kier alpha value is -0.900. The lowest BCUT2D eigenvalue weighted by Gasteiger charge is -2.26. The van der Waals surface area contributed by atoms with Gasteiger partial charge >= 0.3 is 5.97 Å². The molecule has 1 aliphatic carbocycles. The Morgan fingerprint density at radius 3 is 2.65 bits per heavy atom. The molecule has 2 unspecified atom stereocenters. The Labute approximate surface area is 110 Å². The highest BCUT2D eigenvalue weighted by atomic mass is 79.9. The molecule has 0 aliphatic heterocycles. The van der Waals surface area contributed by atoms with Gasteiger partial charge in [-0.1, -0.05) is 34.2 Å². The molecule has 0 saturated heterocycles.